The Labute approximate surface area is 156 Å². The largest absolute Gasteiger partial charge is 0.353 e. The summed E-state index contributed by atoms with van der Waals surface area (Å²) in [5.41, 5.74) is 2.56. The van der Waals surface area contributed by atoms with E-state index < -0.39 is 0 Å². The van der Waals surface area contributed by atoms with Gasteiger partial charge in [-0.1, -0.05) is 51.8 Å². The molecule has 1 amide bonds. The molecule has 1 aliphatic carbocycles. The highest BCUT2D eigenvalue weighted by atomic mass is 79.9. The molecule has 0 heterocycles. The van der Waals surface area contributed by atoms with Gasteiger partial charge in [-0.25, -0.2) is 0 Å². The molecular weight excluding hydrogens is 386 g/mol. The predicted octanol–water partition coefficient (Wildman–Crippen LogP) is 5.27. The third-order valence-corrected chi connectivity index (χ3v) is 5.75. The third kappa shape index (κ3) is 4.01. The molecule has 1 atom stereocenters. The van der Waals surface area contributed by atoms with Crippen LogP contribution in [0.1, 0.15) is 37.3 Å². The smallest absolute Gasteiger partial charge is 0.220 e. The van der Waals surface area contributed by atoms with Crippen LogP contribution in [0.2, 0.25) is 5.02 Å². The first-order valence-corrected chi connectivity index (χ1v) is 9.46. The molecule has 126 valence electrons. The van der Waals surface area contributed by atoms with Crippen LogP contribution in [0.15, 0.2) is 53.0 Å². The van der Waals surface area contributed by atoms with Crippen LogP contribution in [-0.4, -0.2) is 11.9 Å². The van der Waals surface area contributed by atoms with E-state index in [0.717, 1.165) is 34.3 Å². The van der Waals surface area contributed by atoms with Crippen molar-refractivity contribution in [3.8, 4) is 0 Å². The lowest BCUT2D eigenvalue weighted by Gasteiger charge is -2.25. The number of aryl methyl sites for hydroxylation is 1. The summed E-state index contributed by atoms with van der Waals surface area (Å²) in [6.45, 7) is 2.12. The van der Waals surface area contributed by atoms with Gasteiger partial charge in [0.1, 0.15) is 0 Å². The number of hydrogen-bond acceptors (Lipinski definition) is 1. The van der Waals surface area contributed by atoms with Gasteiger partial charge in [0.05, 0.1) is 0 Å². The van der Waals surface area contributed by atoms with Crippen molar-refractivity contribution < 1.29 is 4.79 Å². The van der Waals surface area contributed by atoms with Crippen molar-refractivity contribution in [1.29, 1.82) is 0 Å². The van der Waals surface area contributed by atoms with Crippen LogP contribution in [-0.2, 0) is 16.6 Å². The Morgan fingerprint density at radius 2 is 1.79 bits per heavy atom. The summed E-state index contributed by atoms with van der Waals surface area (Å²) in [6, 6.07) is 16.3. The fourth-order valence-electron chi connectivity index (χ4n) is 3.25. The van der Waals surface area contributed by atoms with Crippen molar-refractivity contribution in [3.63, 3.8) is 0 Å². The highest BCUT2D eigenvalue weighted by Gasteiger charge is 2.49. The van der Waals surface area contributed by atoms with Gasteiger partial charge < -0.3 is 5.32 Å². The van der Waals surface area contributed by atoms with Crippen molar-refractivity contribution in [1.82, 2.24) is 5.32 Å². The minimum Gasteiger partial charge on any atom is -0.353 e. The summed E-state index contributed by atoms with van der Waals surface area (Å²) in [6.07, 6.45) is 3.50. The molecular formula is C20H21BrClNO. The Kier molecular flexibility index (Phi) is 5.31. The monoisotopic (exact) mass is 405 g/mol. The van der Waals surface area contributed by atoms with Gasteiger partial charge in [0, 0.05) is 27.4 Å². The average molecular weight is 407 g/mol. The highest BCUT2D eigenvalue weighted by molar-refractivity contribution is 9.10. The maximum Gasteiger partial charge on any atom is 0.220 e. The lowest BCUT2D eigenvalue weighted by molar-refractivity contribution is -0.121. The fourth-order valence-corrected chi connectivity index (χ4v) is 3.64. The first kappa shape index (κ1) is 17.5. The molecule has 2 nitrogen and oxygen atoms in total. The number of benzene rings is 2. The molecule has 2 aromatic rings. The molecule has 0 aromatic heterocycles. The first-order chi connectivity index (χ1) is 11.5. The van der Waals surface area contributed by atoms with E-state index in [1.165, 1.54) is 5.56 Å². The zero-order chi connectivity index (χ0) is 17.2. The summed E-state index contributed by atoms with van der Waals surface area (Å²) in [7, 11) is 0. The minimum absolute atomic E-state index is 0.108. The number of carbonyl (C=O) groups is 1. The van der Waals surface area contributed by atoms with E-state index in [4.69, 9.17) is 11.6 Å². The molecule has 0 radical (unpaired) electrons. The van der Waals surface area contributed by atoms with Crippen LogP contribution in [0.25, 0.3) is 0 Å². The third-order valence-electron chi connectivity index (χ3n) is 4.97. The van der Waals surface area contributed by atoms with E-state index in [-0.39, 0.29) is 17.4 Å². The molecule has 1 unspecified atom stereocenters. The summed E-state index contributed by atoms with van der Waals surface area (Å²) in [5.74, 6) is 0.112. The van der Waals surface area contributed by atoms with Gasteiger partial charge in [-0.3, -0.25) is 4.79 Å². The molecule has 1 aliphatic rings. The molecule has 1 saturated carbocycles. The summed E-state index contributed by atoms with van der Waals surface area (Å²) >= 11 is 9.37. The molecule has 2 aromatic carbocycles. The van der Waals surface area contributed by atoms with E-state index in [2.05, 4.69) is 52.4 Å². The van der Waals surface area contributed by atoms with Gasteiger partial charge in [-0.15, -0.1) is 0 Å². The number of hydrogen-bond donors (Lipinski definition) is 1. The summed E-state index contributed by atoms with van der Waals surface area (Å²) < 4.78 is 1.08. The molecule has 1 fully saturated rings. The first-order valence-electron chi connectivity index (χ1n) is 8.29. The van der Waals surface area contributed by atoms with Gasteiger partial charge in [0.2, 0.25) is 5.91 Å². The number of amides is 1. The van der Waals surface area contributed by atoms with Gasteiger partial charge in [0.25, 0.3) is 0 Å². The second-order valence-electron chi connectivity index (χ2n) is 6.58. The van der Waals surface area contributed by atoms with Crippen LogP contribution in [0.3, 0.4) is 0 Å². The van der Waals surface area contributed by atoms with E-state index in [1.807, 2.05) is 24.3 Å². The number of carbonyl (C=O) groups excluding carboxylic acids is 1. The zero-order valence-corrected chi connectivity index (χ0v) is 16.0. The number of nitrogens with one attached hydrogen (secondary N) is 1. The number of rotatable bonds is 6. The normalized spacial score (nSPS) is 16.5. The predicted molar refractivity (Wildman–Crippen MR) is 102 cm³/mol. The van der Waals surface area contributed by atoms with Crippen molar-refractivity contribution >= 4 is 33.4 Å². The maximum atomic E-state index is 12.3. The van der Waals surface area contributed by atoms with Crippen LogP contribution in [0.5, 0.6) is 0 Å². The van der Waals surface area contributed by atoms with Gasteiger partial charge >= 0.3 is 0 Å². The molecule has 1 N–H and O–H groups in total. The molecule has 24 heavy (non-hydrogen) atoms. The Morgan fingerprint density at radius 3 is 2.38 bits per heavy atom. The van der Waals surface area contributed by atoms with Crippen LogP contribution < -0.4 is 5.32 Å². The summed E-state index contributed by atoms with van der Waals surface area (Å²) in [5, 5.41) is 3.92. The molecule has 0 bridgehead atoms. The van der Waals surface area contributed by atoms with Crippen molar-refractivity contribution in [2.75, 3.05) is 0 Å². The maximum absolute atomic E-state index is 12.3. The molecule has 3 rings (SSSR count). The number of halogens is 2. The SMILES string of the molecule is CC(NC(=O)CCc1ccc(Cl)cc1)C1(c2ccc(Br)cc2)CC1. The van der Waals surface area contributed by atoms with Crippen molar-refractivity contribution in [2.45, 2.75) is 44.1 Å². The van der Waals surface area contributed by atoms with E-state index in [1.54, 1.807) is 0 Å². The Morgan fingerprint density at radius 1 is 1.17 bits per heavy atom. The quantitative estimate of drug-likeness (QED) is 0.695. The Hall–Kier alpha value is -1.32. The standard InChI is InChI=1S/C20H21BrClNO/c1-14(20(12-13-20)16-5-7-17(21)8-6-16)23-19(24)11-4-15-2-9-18(22)10-3-15/h2-3,5-10,14H,4,11-13H2,1H3,(H,23,24). The topological polar surface area (TPSA) is 29.1 Å². The Balaban J connectivity index is 1.56. The second kappa shape index (κ2) is 7.28. The average Bonchev–Trinajstić information content (AvgIpc) is 3.37. The van der Waals surface area contributed by atoms with Crippen LogP contribution in [0, 0.1) is 0 Å². The molecule has 0 saturated heterocycles. The lowest BCUT2D eigenvalue weighted by Crippen LogP contribution is -2.41. The van der Waals surface area contributed by atoms with E-state index >= 15 is 0 Å². The van der Waals surface area contributed by atoms with Gasteiger partial charge in [-0.05, 0) is 61.6 Å². The zero-order valence-electron chi connectivity index (χ0n) is 13.7. The van der Waals surface area contributed by atoms with Crippen LogP contribution >= 0.6 is 27.5 Å². The second-order valence-corrected chi connectivity index (χ2v) is 7.93. The highest BCUT2D eigenvalue weighted by Crippen LogP contribution is 2.51. The van der Waals surface area contributed by atoms with E-state index in [9.17, 15) is 4.79 Å². The van der Waals surface area contributed by atoms with Crippen molar-refractivity contribution in [3.05, 3.63) is 69.2 Å². The van der Waals surface area contributed by atoms with Crippen molar-refractivity contribution in [2.24, 2.45) is 0 Å². The molecule has 0 spiro atoms. The fraction of sp³-hybridized carbons (Fsp3) is 0.350. The van der Waals surface area contributed by atoms with Crippen LogP contribution in [0.4, 0.5) is 0 Å². The Bertz CT molecular complexity index is 707. The molecule has 0 aliphatic heterocycles. The summed E-state index contributed by atoms with van der Waals surface area (Å²) in [4.78, 5) is 12.3. The van der Waals surface area contributed by atoms with Gasteiger partial charge in [0.15, 0.2) is 0 Å². The van der Waals surface area contributed by atoms with Gasteiger partial charge in [-0.2, -0.15) is 0 Å². The molecule has 4 heteroatoms. The lowest BCUT2D eigenvalue weighted by atomic mass is 9.89. The minimum atomic E-state index is 0.108. The van der Waals surface area contributed by atoms with E-state index in [0.29, 0.717) is 6.42 Å².